The largest absolute Gasteiger partial charge is 0.375 e. The van der Waals surface area contributed by atoms with Crippen LogP contribution >= 0.6 is 0 Å². The van der Waals surface area contributed by atoms with Gasteiger partial charge in [0, 0.05) is 6.54 Å². The highest BCUT2D eigenvalue weighted by atomic mass is 16.5. The molecule has 1 amide bonds. The molecule has 2 atom stereocenters. The average molecular weight is 186 g/mol. The second-order valence-corrected chi connectivity index (χ2v) is 3.46. The van der Waals surface area contributed by atoms with E-state index in [1.807, 2.05) is 11.8 Å². The van der Waals surface area contributed by atoms with Gasteiger partial charge in [-0.15, -0.1) is 0 Å². The first-order valence-corrected chi connectivity index (χ1v) is 4.80. The van der Waals surface area contributed by atoms with Crippen LogP contribution in [0.1, 0.15) is 20.3 Å². The van der Waals surface area contributed by atoms with Gasteiger partial charge in [-0.1, -0.05) is 6.92 Å². The molecule has 4 heteroatoms. The molecule has 4 nitrogen and oxygen atoms in total. The molecule has 1 fully saturated rings. The molecule has 0 saturated carbocycles. The quantitative estimate of drug-likeness (QED) is 0.659. The van der Waals surface area contributed by atoms with E-state index in [0.29, 0.717) is 13.2 Å². The summed E-state index contributed by atoms with van der Waals surface area (Å²) in [6.45, 7) is 5.45. The smallest absolute Gasteiger partial charge is 0.236 e. The number of carbonyl (C=O) groups excluding carboxylic acids is 1. The van der Waals surface area contributed by atoms with Crippen molar-refractivity contribution in [1.82, 2.24) is 4.90 Å². The summed E-state index contributed by atoms with van der Waals surface area (Å²) in [5.41, 5.74) is 5.33. The third-order valence-electron chi connectivity index (χ3n) is 2.43. The zero-order chi connectivity index (χ0) is 9.84. The summed E-state index contributed by atoms with van der Waals surface area (Å²) in [6.07, 6.45) is 1.07. The van der Waals surface area contributed by atoms with Gasteiger partial charge in [-0.2, -0.15) is 0 Å². The molecular weight excluding hydrogens is 168 g/mol. The van der Waals surface area contributed by atoms with Gasteiger partial charge in [-0.05, 0) is 13.3 Å². The van der Waals surface area contributed by atoms with Crippen molar-refractivity contribution in [3.8, 4) is 0 Å². The van der Waals surface area contributed by atoms with E-state index in [0.717, 1.165) is 6.42 Å². The lowest BCUT2D eigenvalue weighted by Crippen LogP contribution is -2.53. The van der Waals surface area contributed by atoms with Crippen LogP contribution < -0.4 is 5.73 Å². The van der Waals surface area contributed by atoms with E-state index in [2.05, 4.69) is 6.92 Å². The van der Waals surface area contributed by atoms with Crippen molar-refractivity contribution in [2.24, 2.45) is 5.73 Å². The highest BCUT2D eigenvalue weighted by Gasteiger charge is 2.28. The Morgan fingerprint density at radius 3 is 2.92 bits per heavy atom. The molecule has 1 rings (SSSR count). The van der Waals surface area contributed by atoms with Crippen molar-refractivity contribution in [2.45, 2.75) is 32.4 Å². The molecule has 2 unspecified atom stereocenters. The number of carbonyl (C=O) groups is 1. The Labute approximate surface area is 79.0 Å². The molecule has 13 heavy (non-hydrogen) atoms. The van der Waals surface area contributed by atoms with E-state index in [1.165, 1.54) is 0 Å². The summed E-state index contributed by atoms with van der Waals surface area (Å²) in [7, 11) is 0. The van der Waals surface area contributed by atoms with Gasteiger partial charge < -0.3 is 15.4 Å². The summed E-state index contributed by atoms with van der Waals surface area (Å²) >= 11 is 0. The molecule has 0 aromatic rings. The molecule has 0 radical (unpaired) electrons. The fourth-order valence-corrected chi connectivity index (χ4v) is 1.61. The van der Waals surface area contributed by atoms with Gasteiger partial charge in [-0.3, -0.25) is 4.79 Å². The van der Waals surface area contributed by atoms with Crippen LogP contribution in [0.25, 0.3) is 0 Å². The first-order chi connectivity index (χ1) is 6.19. The van der Waals surface area contributed by atoms with Gasteiger partial charge in [-0.25, -0.2) is 0 Å². The average Bonchev–Trinajstić information content (AvgIpc) is 2.16. The topological polar surface area (TPSA) is 55.6 Å². The van der Waals surface area contributed by atoms with Crippen LogP contribution in [-0.4, -0.2) is 42.6 Å². The molecule has 1 saturated heterocycles. The normalized spacial score (nSPS) is 29.0. The number of amides is 1. The first kappa shape index (κ1) is 10.5. The van der Waals surface area contributed by atoms with Crippen LogP contribution in [0.15, 0.2) is 0 Å². The number of ether oxygens (including phenoxy) is 1. The number of morpholine rings is 1. The number of nitrogens with two attached hydrogens (primary N) is 1. The van der Waals surface area contributed by atoms with Crippen LogP contribution in [0.4, 0.5) is 0 Å². The van der Waals surface area contributed by atoms with E-state index in [-0.39, 0.29) is 24.6 Å². The summed E-state index contributed by atoms with van der Waals surface area (Å²) in [4.78, 5) is 13.3. The minimum absolute atomic E-state index is 0.0296. The van der Waals surface area contributed by atoms with Gasteiger partial charge in [0.25, 0.3) is 0 Å². The molecule has 0 aromatic carbocycles. The Hall–Kier alpha value is -0.610. The van der Waals surface area contributed by atoms with Crippen molar-refractivity contribution >= 4 is 5.91 Å². The Kier molecular flexibility index (Phi) is 3.69. The second-order valence-electron chi connectivity index (χ2n) is 3.46. The van der Waals surface area contributed by atoms with Crippen molar-refractivity contribution in [1.29, 1.82) is 0 Å². The fraction of sp³-hybridized carbons (Fsp3) is 0.889. The first-order valence-electron chi connectivity index (χ1n) is 4.80. The molecule has 0 spiro atoms. The Morgan fingerprint density at radius 1 is 1.69 bits per heavy atom. The Balaban J connectivity index is 2.59. The summed E-state index contributed by atoms with van der Waals surface area (Å²) < 4.78 is 5.47. The van der Waals surface area contributed by atoms with Gasteiger partial charge >= 0.3 is 0 Å². The van der Waals surface area contributed by atoms with E-state index in [4.69, 9.17) is 10.5 Å². The summed E-state index contributed by atoms with van der Waals surface area (Å²) in [5.74, 6) is 0.0296. The Morgan fingerprint density at radius 2 is 2.38 bits per heavy atom. The van der Waals surface area contributed by atoms with Crippen LogP contribution in [0.3, 0.4) is 0 Å². The predicted octanol–water partition coefficient (Wildman–Crippen LogP) is -0.0290. The second kappa shape index (κ2) is 4.58. The number of rotatable bonds is 2. The number of hydrogen-bond acceptors (Lipinski definition) is 3. The monoisotopic (exact) mass is 186 g/mol. The van der Waals surface area contributed by atoms with E-state index < -0.39 is 0 Å². The third-order valence-corrected chi connectivity index (χ3v) is 2.43. The summed E-state index contributed by atoms with van der Waals surface area (Å²) in [6, 6.07) is 0.215. The van der Waals surface area contributed by atoms with E-state index in [1.54, 1.807) is 0 Å². The SMILES string of the molecule is CCC1COC(C)CN1C(=O)CN. The zero-order valence-corrected chi connectivity index (χ0v) is 8.32. The van der Waals surface area contributed by atoms with Gasteiger partial charge in [0.15, 0.2) is 0 Å². The molecule has 0 aliphatic carbocycles. The molecule has 1 aliphatic rings. The van der Waals surface area contributed by atoms with Gasteiger partial charge in [0.1, 0.15) is 0 Å². The maximum absolute atomic E-state index is 11.4. The van der Waals surface area contributed by atoms with Crippen LogP contribution in [0.5, 0.6) is 0 Å². The standard InChI is InChI=1S/C9H18N2O2/c1-3-8-6-13-7(2)5-11(8)9(12)4-10/h7-8H,3-6,10H2,1-2H3. The predicted molar refractivity (Wildman–Crippen MR) is 50.3 cm³/mol. The van der Waals surface area contributed by atoms with Crippen LogP contribution in [-0.2, 0) is 9.53 Å². The van der Waals surface area contributed by atoms with Crippen LogP contribution in [0, 0.1) is 0 Å². The molecule has 76 valence electrons. The Bertz CT molecular complexity index is 184. The van der Waals surface area contributed by atoms with E-state index in [9.17, 15) is 4.79 Å². The van der Waals surface area contributed by atoms with E-state index >= 15 is 0 Å². The van der Waals surface area contributed by atoms with Crippen molar-refractivity contribution in [3.05, 3.63) is 0 Å². The van der Waals surface area contributed by atoms with Gasteiger partial charge in [0.2, 0.25) is 5.91 Å². The van der Waals surface area contributed by atoms with Crippen molar-refractivity contribution in [3.63, 3.8) is 0 Å². The van der Waals surface area contributed by atoms with Crippen LogP contribution in [0.2, 0.25) is 0 Å². The number of nitrogens with zero attached hydrogens (tertiary/aromatic N) is 1. The molecule has 0 aromatic heterocycles. The lowest BCUT2D eigenvalue weighted by atomic mass is 10.1. The maximum Gasteiger partial charge on any atom is 0.236 e. The minimum Gasteiger partial charge on any atom is -0.375 e. The lowest BCUT2D eigenvalue weighted by Gasteiger charge is -2.38. The molecule has 0 bridgehead atoms. The molecular formula is C9H18N2O2. The highest BCUT2D eigenvalue weighted by molar-refractivity contribution is 5.78. The third kappa shape index (κ3) is 2.42. The van der Waals surface area contributed by atoms with Crippen molar-refractivity contribution < 1.29 is 9.53 Å². The zero-order valence-electron chi connectivity index (χ0n) is 8.32. The minimum atomic E-state index is 0.0296. The lowest BCUT2D eigenvalue weighted by molar-refractivity contribution is -0.142. The maximum atomic E-state index is 11.4. The number of hydrogen-bond donors (Lipinski definition) is 1. The van der Waals surface area contributed by atoms with Crippen molar-refractivity contribution in [2.75, 3.05) is 19.7 Å². The molecule has 1 aliphatic heterocycles. The molecule has 1 heterocycles. The fourth-order valence-electron chi connectivity index (χ4n) is 1.61. The molecule has 2 N–H and O–H groups in total. The summed E-state index contributed by atoms with van der Waals surface area (Å²) in [5, 5.41) is 0. The highest BCUT2D eigenvalue weighted by Crippen LogP contribution is 2.13. The van der Waals surface area contributed by atoms with Gasteiger partial charge in [0.05, 0.1) is 25.3 Å².